The summed E-state index contributed by atoms with van der Waals surface area (Å²) in [4.78, 5) is 26.0. The molecule has 1 aromatic carbocycles. The van der Waals surface area contributed by atoms with Crippen molar-refractivity contribution in [3.63, 3.8) is 0 Å². The molecule has 0 atom stereocenters. The van der Waals surface area contributed by atoms with Crippen molar-refractivity contribution in [1.29, 1.82) is 0 Å². The fraction of sp³-hybridized carbons (Fsp3) is 0.200. The standard InChI is InChI=1S/C15H12N4O3/c20-14(18-8-11(9-18)19-6-5-16-17-19)12-7-10-3-1-2-4-13(10)22-15(12)21/h1-7,11H,8-9H2. The maximum Gasteiger partial charge on any atom is 0.349 e. The Morgan fingerprint density at radius 3 is 2.86 bits per heavy atom. The number of benzene rings is 1. The van der Waals surface area contributed by atoms with Crippen LogP contribution in [0.15, 0.2) is 51.9 Å². The average Bonchev–Trinajstić information content (AvgIpc) is 2.98. The second-order valence-corrected chi connectivity index (χ2v) is 5.23. The zero-order valence-corrected chi connectivity index (χ0v) is 11.5. The summed E-state index contributed by atoms with van der Waals surface area (Å²) in [6.45, 7) is 1.02. The van der Waals surface area contributed by atoms with Crippen molar-refractivity contribution in [3.05, 3.63) is 58.7 Å². The van der Waals surface area contributed by atoms with E-state index in [2.05, 4.69) is 10.3 Å². The smallest absolute Gasteiger partial charge is 0.349 e. The Morgan fingerprint density at radius 2 is 2.09 bits per heavy atom. The second kappa shape index (κ2) is 4.80. The largest absolute Gasteiger partial charge is 0.422 e. The molecule has 1 fully saturated rings. The zero-order valence-electron chi connectivity index (χ0n) is 11.5. The molecule has 0 bridgehead atoms. The number of nitrogens with zero attached hydrogens (tertiary/aromatic N) is 4. The molecule has 0 spiro atoms. The molecule has 110 valence electrons. The lowest BCUT2D eigenvalue weighted by molar-refractivity contribution is 0.0494. The number of carbonyl (C=O) groups is 1. The van der Waals surface area contributed by atoms with Gasteiger partial charge < -0.3 is 9.32 Å². The van der Waals surface area contributed by atoms with Crippen LogP contribution >= 0.6 is 0 Å². The summed E-state index contributed by atoms with van der Waals surface area (Å²) in [5, 5.41) is 8.39. The van der Waals surface area contributed by atoms with Gasteiger partial charge in [-0.15, -0.1) is 5.10 Å². The Balaban J connectivity index is 1.59. The molecule has 1 amide bonds. The predicted octanol–water partition coefficient (Wildman–Crippen LogP) is 1.08. The number of hydrogen-bond donors (Lipinski definition) is 0. The molecule has 0 N–H and O–H groups in total. The molecule has 0 unspecified atom stereocenters. The van der Waals surface area contributed by atoms with E-state index in [1.807, 2.05) is 12.1 Å². The number of rotatable bonds is 2. The fourth-order valence-corrected chi connectivity index (χ4v) is 2.58. The van der Waals surface area contributed by atoms with Gasteiger partial charge in [0.2, 0.25) is 0 Å². The Bertz CT molecular complexity index is 895. The van der Waals surface area contributed by atoms with Crippen LogP contribution in [0.1, 0.15) is 16.4 Å². The minimum absolute atomic E-state index is 0.0655. The summed E-state index contributed by atoms with van der Waals surface area (Å²) < 4.78 is 6.92. The van der Waals surface area contributed by atoms with Crippen LogP contribution in [0.4, 0.5) is 0 Å². The molecule has 3 heterocycles. The highest BCUT2D eigenvalue weighted by atomic mass is 16.4. The third kappa shape index (κ3) is 1.98. The maximum atomic E-state index is 12.4. The van der Waals surface area contributed by atoms with Crippen LogP contribution < -0.4 is 5.63 Å². The van der Waals surface area contributed by atoms with Gasteiger partial charge in [-0.3, -0.25) is 4.79 Å². The normalized spacial score (nSPS) is 15.0. The van der Waals surface area contributed by atoms with Gasteiger partial charge in [-0.1, -0.05) is 23.4 Å². The van der Waals surface area contributed by atoms with Crippen molar-refractivity contribution in [2.24, 2.45) is 0 Å². The maximum absolute atomic E-state index is 12.4. The van der Waals surface area contributed by atoms with Crippen molar-refractivity contribution in [2.75, 3.05) is 13.1 Å². The molecule has 7 heteroatoms. The number of likely N-dealkylation sites (tertiary alicyclic amines) is 1. The van der Waals surface area contributed by atoms with Gasteiger partial charge in [-0.25, -0.2) is 9.48 Å². The molecule has 1 aliphatic heterocycles. The molecule has 3 aromatic rings. The first kappa shape index (κ1) is 12.8. The summed E-state index contributed by atoms with van der Waals surface area (Å²) in [6.07, 6.45) is 3.36. The minimum atomic E-state index is -0.604. The van der Waals surface area contributed by atoms with E-state index in [0.29, 0.717) is 18.7 Å². The lowest BCUT2D eigenvalue weighted by atomic mass is 10.1. The zero-order chi connectivity index (χ0) is 15.1. The Labute approximate surface area is 124 Å². The van der Waals surface area contributed by atoms with Crippen LogP contribution in [-0.2, 0) is 0 Å². The van der Waals surface area contributed by atoms with Gasteiger partial charge in [0, 0.05) is 24.7 Å². The highest BCUT2D eigenvalue weighted by molar-refractivity contribution is 5.97. The number of aromatic nitrogens is 3. The Hall–Kier alpha value is -2.96. The predicted molar refractivity (Wildman–Crippen MR) is 77.4 cm³/mol. The van der Waals surface area contributed by atoms with E-state index in [1.54, 1.807) is 40.2 Å². The first-order valence-corrected chi connectivity index (χ1v) is 6.90. The number of carbonyl (C=O) groups excluding carboxylic acids is 1. The van der Waals surface area contributed by atoms with Crippen LogP contribution in [0.3, 0.4) is 0 Å². The van der Waals surface area contributed by atoms with Gasteiger partial charge in [-0.2, -0.15) is 0 Å². The lowest BCUT2D eigenvalue weighted by Crippen LogP contribution is -2.51. The molecule has 22 heavy (non-hydrogen) atoms. The summed E-state index contributed by atoms with van der Waals surface area (Å²) in [5.74, 6) is -0.309. The Kier molecular flexibility index (Phi) is 2.78. The highest BCUT2D eigenvalue weighted by Crippen LogP contribution is 2.22. The summed E-state index contributed by atoms with van der Waals surface area (Å²) >= 11 is 0. The molecular weight excluding hydrogens is 284 g/mol. The van der Waals surface area contributed by atoms with E-state index in [-0.39, 0.29) is 17.5 Å². The van der Waals surface area contributed by atoms with Gasteiger partial charge in [0.1, 0.15) is 11.1 Å². The van der Waals surface area contributed by atoms with E-state index in [9.17, 15) is 9.59 Å². The SMILES string of the molecule is O=C(c1cc2ccccc2oc1=O)N1CC(n2ccnn2)C1. The van der Waals surface area contributed by atoms with E-state index in [0.717, 1.165) is 5.39 Å². The van der Waals surface area contributed by atoms with Crippen LogP contribution in [0, 0.1) is 0 Å². The third-order valence-corrected chi connectivity index (χ3v) is 3.84. The topological polar surface area (TPSA) is 81.2 Å². The second-order valence-electron chi connectivity index (χ2n) is 5.23. The van der Waals surface area contributed by atoms with E-state index in [4.69, 9.17) is 4.42 Å². The fourth-order valence-electron chi connectivity index (χ4n) is 2.58. The molecule has 0 radical (unpaired) electrons. The molecular formula is C15H12N4O3. The Morgan fingerprint density at radius 1 is 1.27 bits per heavy atom. The third-order valence-electron chi connectivity index (χ3n) is 3.84. The van der Waals surface area contributed by atoms with Gasteiger partial charge in [0.25, 0.3) is 5.91 Å². The molecule has 7 nitrogen and oxygen atoms in total. The molecule has 1 aliphatic rings. The van der Waals surface area contributed by atoms with E-state index in [1.165, 1.54) is 0 Å². The monoisotopic (exact) mass is 296 g/mol. The molecule has 2 aromatic heterocycles. The number of fused-ring (bicyclic) bond motifs is 1. The number of hydrogen-bond acceptors (Lipinski definition) is 5. The van der Waals surface area contributed by atoms with E-state index < -0.39 is 5.63 Å². The molecule has 0 saturated carbocycles. The molecule has 1 saturated heterocycles. The summed E-state index contributed by atoms with van der Waals surface area (Å²) in [7, 11) is 0. The van der Waals surface area contributed by atoms with Gasteiger partial charge in [0.15, 0.2) is 0 Å². The van der Waals surface area contributed by atoms with Crippen molar-refractivity contribution in [1.82, 2.24) is 19.9 Å². The molecule has 0 aliphatic carbocycles. The van der Waals surface area contributed by atoms with Crippen molar-refractivity contribution in [2.45, 2.75) is 6.04 Å². The lowest BCUT2D eigenvalue weighted by Gasteiger charge is -2.38. The minimum Gasteiger partial charge on any atom is -0.422 e. The quantitative estimate of drug-likeness (QED) is 0.661. The first-order chi connectivity index (χ1) is 10.7. The van der Waals surface area contributed by atoms with E-state index >= 15 is 0 Å². The van der Waals surface area contributed by atoms with Crippen molar-refractivity contribution >= 4 is 16.9 Å². The summed E-state index contributed by atoms with van der Waals surface area (Å²) in [5.41, 5.74) is -0.0585. The molecule has 4 rings (SSSR count). The van der Waals surface area contributed by atoms with Gasteiger partial charge in [-0.05, 0) is 12.1 Å². The summed E-state index contributed by atoms with van der Waals surface area (Å²) in [6, 6.07) is 8.83. The first-order valence-electron chi connectivity index (χ1n) is 6.90. The van der Waals surface area contributed by atoms with Crippen LogP contribution in [0.2, 0.25) is 0 Å². The number of amides is 1. The highest BCUT2D eigenvalue weighted by Gasteiger charge is 2.34. The van der Waals surface area contributed by atoms with Gasteiger partial charge in [0.05, 0.1) is 12.2 Å². The van der Waals surface area contributed by atoms with Crippen LogP contribution in [-0.4, -0.2) is 38.9 Å². The number of para-hydroxylation sites is 1. The van der Waals surface area contributed by atoms with Crippen LogP contribution in [0.25, 0.3) is 11.0 Å². The van der Waals surface area contributed by atoms with Crippen LogP contribution in [0.5, 0.6) is 0 Å². The van der Waals surface area contributed by atoms with Crippen molar-refractivity contribution in [3.8, 4) is 0 Å². The van der Waals surface area contributed by atoms with Gasteiger partial charge >= 0.3 is 5.63 Å². The average molecular weight is 296 g/mol. The van der Waals surface area contributed by atoms with Crippen molar-refractivity contribution < 1.29 is 9.21 Å².